The second-order valence-electron chi connectivity index (χ2n) is 5.65. The highest BCUT2D eigenvalue weighted by atomic mass is 32.2. The lowest BCUT2D eigenvalue weighted by Crippen LogP contribution is -2.54. The largest absolute Gasteiger partial charge is 0.325 e. The van der Waals surface area contributed by atoms with E-state index in [9.17, 15) is 13.2 Å². The third-order valence-corrected chi connectivity index (χ3v) is 7.50. The fourth-order valence-corrected chi connectivity index (χ4v) is 5.51. The van der Waals surface area contributed by atoms with Crippen molar-refractivity contribution in [2.75, 3.05) is 39.3 Å². The number of piperidine rings is 1. The van der Waals surface area contributed by atoms with Gasteiger partial charge in [-0.3, -0.25) is 0 Å². The van der Waals surface area contributed by atoms with E-state index in [4.69, 9.17) is 0 Å². The van der Waals surface area contributed by atoms with Crippen molar-refractivity contribution in [2.45, 2.75) is 23.5 Å². The number of amides is 2. The molecule has 0 N–H and O–H groups in total. The molecule has 0 saturated carbocycles. The van der Waals surface area contributed by atoms with E-state index in [1.807, 2.05) is 4.90 Å². The first kappa shape index (κ1) is 15.8. The highest BCUT2D eigenvalue weighted by molar-refractivity contribution is 7.91. The molecule has 0 aromatic carbocycles. The average Bonchev–Trinajstić information content (AvgIpc) is 3.10. The van der Waals surface area contributed by atoms with Crippen molar-refractivity contribution in [1.82, 2.24) is 14.1 Å². The van der Waals surface area contributed by atoms with Crippen molar-refractivity contribution in [2.24, 2.45) is 0 Å². The van der Waals surface area contributed by atoms with Gasteiger partial charge in [-0.25, -0.2) is 13.2 Å². The van der Waals surface area contributed by atoms with Crippen molar-refractivity contribution in [1.29, 1.82) is 0 Å². The van der Waals surface area contributed by atoms with E-state index in [0.29, 0.717) is 30.4 Å². The Bertz CT molecular complexity index is 601. The summed E-state index contributed by atoms with van der Waals surface area (Å²) in [6.07, 6.45) is 3.33. The van der Waals surface area contributed by atoms with Crippen molar-refractivity contribution in [3.8, 4) is 0 Å². The summed E-state index contributed by atoms with van der Waals surface area (Å²) in [5.41, 5.74) is 0. The molecule has 2 amide bonds. The Kier molecular flexibility index (Phi) is 4.70. The van der Waals surface area contributed by atoms with Crippen LogP contribution in [0.15, 0.2) is 21.7 Å². The number of piperazine rings is 1. The lowest BCUT2D eigenvalue weighted by atomic mass is 10.1. The molecule has 0 spiro atoms. The number of likely N-dealkylation sites (tertiary alicyclic amines) is 1. The SMILES string of the molecule is O=C(N1CCCCC1)N1CCN(S(=O)(=O)c2cccs2)CC1. The second-order valence-corrected chi connectivity index (χ2v) is 8.77. The van der Waals surface area contributed by atoms with Crippen LogP contribution in [0.3, 0.4) is 0 Å². The summed E-state index contributed by atoms with van der Waals surface area (Å²) in [6, 6.07) is 3.44. The van der Waals surface area contributed by atoms with Crippen LogP contribution in [0, 0.1) is 0 Å². The molecule has 0 aliphatic carbocycles. The molecule has 2 saturated heterocycles. The Hall–Kier alpha value is -1.12. The minimum atomic E-state index is -3.39. The summed E-state index contributed by atoms with van der Waals surface area (Å²) < 4.78 is 26.8. The van der Waals surface area contributed by atoms with E-state index in [0.717, 1.165) is 25.9 Å². The Morgan fingerprint density at radius 1 is 0.955 bits per heavy atom. The molecule has 0 bridgehead atoms. The molecule has 0 atom stereocenters. The fraction of sp³-hybridized carbons (Fsp3) is 0.643. The minimum Gasteiger partial charge on any atom is -0.325 e. The van der Waals surface area contributed by atoms with Crippen LogP contribution in [-0.2, 0) is 10.0 Å². The Morgan fingerprint density at radius 3 is 2.18 bits per heavy atom. The van der Waals surface area contributed by atoms with Crippen molar-refractivity contribution < 1.29 is 13.2 Å². The molecular formula is C14H21N3O3S2. The average molecular weight is 343 g/mol. The molecule has 2 fully saturated rings. The summed E-state index contributed by atoms with van der Waals surface area (Å²) in [5.74, 6) is 0. The number of nitrogens with zero attached hydrogens (tertiary/aromatic N) is 3. The number of carbonyl (C=O) groups excluding carboxylic acids is 1. The van der Waals surface area contributed by atoms with Crippen LogP contribution >= 0.6 is 11.3 Å². The van der Waals surface area contributed by atoms with Crippen LogP contribution in [0.5, 0.6) is 0 Å². The van der Waals surface area contributed by atoms with Gasteiger partial charge in [-0.15, -0.1) is 11.3 Å². The maximum Gasteiger partial charge on any atom is 0.320 e. The number of urea groups is 1. The second kappa shape index (κ2) is 6.55. The fourth-order valence-electron chi connectivity index (χ4n) is 2.94. The Morgan fingerprint density at radius 2 is 1.59 bits per heavy atom. The molecule has 0 unspecified atom stereocenters. The van der Waals surface area contributed by atoms with Crippen LogP contribution < -0.4 is 0 Å². The number of carbonyl (C=O) groups is 1. The predicted molar refractivity (Wildman–Crippen MR) is 85.5 cm³/mol. The van der Waals surface area contributed by atoms with Crippen LogP contribution in [-0.4, -0.2) is 67.8 Å². The van der Waals surface area contributed by atoms with Gasteiger partial charge in [-0.1, -0.05) is 6.07 Å². The van der Waals surface area contributed by atoms with Gasteiger partial charge >= 0.3 is 6.03 Å². The summed E-state index contributed by atoms with van der Waals surface area (Å²) >= 11 is 1.23. The third-order valence-electron chi connectivity index (χ3n) is 4.22. The zero-order valence-corrected chi connectivity index (χ0v) is 14.1. The molecule has 1 aromatic heterocycles. The Labute approximate surface area is 135 Å². The van der Waals surface area contributed by atoms with Crippen LogP contribution in [0.2, 0.25) is 0 Å². The van der Waals surface area contributed by atoms with Gasteiger partial charge in [-0.2, -0.15) is 4.31 Å². The zero-order valence-electron chi connectivity index (χ0n) is 12.5. The van der Waals surface area contributed by atoms with E-state index < -0.39 is 10.0 Å². The van der Waals surface area contributed by atoms with Crippen molar-refractivity contribution >= 4 is 27.4 Å². The minimum absolute atomic E-state index is 0.0628. The molecule has 122 valence electrons. The molecule has 2 aliphatic rings. The van der Waals surface area contributed by atoms with Gasteiger partial charge in [-0.05, 0) is 30.7 Å². The molecule has 0 radical (unpaired) electrons. The van der Waals surface area contributed by atoms with Gasteiger partial charge in [0.15, 0.2) is 0 Å². The first-order chi connectivity index (χ1) is 10.6. The molecule has 6 nitrogen and oxygen atoms in total. The summed E-state index contributed by atoms with van der Waals surface area (Å²) in [4.78, 5) is 16.1. The topological polar surface area (TPSA) is 60.9 Å². The number of rotatable bonds is 2. The van der Waals surface area contributed by atoms with Crippen molar-refractivity contribution in [3.05, 3.63) is 17.5 Å². The monoisotopic (exact) mass is 343 g/mol. The van der Waals surface area contributed by atoms with Gasteiger partial charge in [0.05, 0.1) is 0 Å². The van der Waals surface area contributed by atoms with Gasteiger partial charge in [0, 0.05) is 39.3 Å². The maximum atomic E-state index is 12.4. The van der Waals surface area contributed by atoms with Gasteiger partial charge < -0.3 is 9.80 Å². The van der Waals surface area contributed by atoms with E-state index in [2.05, 4.69) is 0 Å². The quantitative estimate of drug-likeness (QED) is 0.820. The lowest BCUT2D eigenvalue weighted by molar-refractivity contribution is 0.126. The Balaban J connectivity index is 1.59. The van der Waals surface area contributed by atoms with Crippen molar-refractivity contribution in [3.63, 3.8) is 0 Å². The third kappa shape index (κ3) is 3.13. The van der Waals surface area contributed by atoms with E-state index >= 15 is 0 Å². The van der Waals surface area contributed by atoms with E-state index in [-0.39, 0.29) is 6.03 Å². The number of thiophene rings is 1. The summed E-state index contributed by atoms with van der Waals surface area (Å²) in [6.45, 7) is 3.35. The number of hydrogen-bond acceptors (Lipinski definition) is 4. The first-order valence-corrected chi connectivity index (χ1v) is 9.98. The summed E-state index contributed by atoms with van der Waals surface area (Å²) in [5, 5.41) is 1.77. The van der Waals surface area contributed by atoms with Crippen LogP contribution in [0.1, 0.15) is 19.3 Å². The zero-order chi connectivity index (χ0) is 15.6. The van der Waals surface area contributed by atoms with Crippen LogP contribution in [0.4, 0.5) is 4.79 Å². The molecule has 22 heavy (non-hydrogen) atoms. The lowest BCUT2D eigenvalue weighted by Gasteiger charge is -2.37. The highest BCUT2D eigenvalue weighted by Gasteiger charge is 2.32. The molecule has 1 aromatic rings. The first-order valence-electron chi connectivity index (χ1n) is 7.66. The molecule has 2 aliphatic heterocycles. The van der Waals surface area contributed by atoms with E-state index in [1.54, 1.807) is 22.4 Å². The van der Waals surface area contributed by atoms with Gasteiger partial charge in [0.2, 0.25) is 0 Å². The molecular weight excluding hydrogens is 322 g/mol. The summed E-state index contributed by atoms with van der Waals surface area (Å²) in [7, 11) is -3.39. The smallest absolute Gasteiger partial charge is 0.320 e. The van der Waals surface area contributed by atoms with Gasteiger partial charge in [0.1, 0.15) is 4.21 Å². The number of sulfonamides is 1. The highest BCUT2D eigenvalue weighted by Crippen LogP contribution is 2.22. The maximum absolute atomic E-state index is 12.4. The molecule has 3 rings (SSSR count). The number of hydrogen-bond donors (Lipinski definition) is 0. The van der Waals surface area contributed by atoms with Crippen LogP contribution in [0.25, 0.3) is 0 Å². The van der Waals surface area contributed by atoms with Gasteiger partial charge in [0.25, 0.3) is 10.0 Å². The molecule has 3 heterocycles. The molecule has 8 heteroatoms. The standard InChI is InChI=1S/C14H21N3O3S2/c18-14(15-6-2-1-3-7-15)16-8-10-17(11-9-16)22(19,20)13-5-4-12-21-13/h4-5,12H,1-3,6-11H2. The normalized spacial score (nSPS) is 21.1. The predicted octanol–water partition coefficient (Wildman–Crippen LogP) is 1.66. The van der Waals surface area contributed by atoms with E-state index in [1.165, 1.54) is 22.1 Å².